The van der Waals surface area contributed by atoms with Crippen LogP contribution in [-0.2, 0) is 0 Å². The van der Waals surface area contributed by atoms with Gasteiger partial charge in [0.15, 0.2) is 0 Å². The summed E-state index contributed by atoms with van der Waals surface area (Å²) in [4.78, 5) is 4.49. The Bertz CT molecular complexity index is 308. The summed E-state index contributed by atoms with van der Waals surface area (Å²) < 4.78 is 0. The molecule has 0 heterocycles. The van der Waals surface area contributed by atoms with E-state index in [0.717, 1.165) is 31.4 Å². The first-order chi connectivity index (χ1) is 8.41. The molecule has 18 heavy (non-hydrogen) atoms. The average molecular weight is 251 g/mol. The molecule has 0 spiro atoms. The Labute approximate surface area is 112 Å². The zero-order valence-electron chi connectivity index (χ0n) is 12.3. The SMILES string of the molecule is CC(C)N=CC(=C(N)C1CCC(N)CC1)C(C)C. The molecule has 1 fully saturated rings. The molecule has 0 radical (unpaired) electrons. The molecule has 0 saturated heterocycles. The van der Waals surface area contributed by atoms with E-state index in [-0.39, 0.29) is 0 Å². The van der Waals surface area contributed by atoms with Crippen molar-refractivity contribution in [3.05, 3.63) is 11.3 Å². The second kappa shape index (κ2) is 6.93. The van der Waals surface area contributed by atoms with Crippen LogP contribution in [0.4, 0.5) is 0 Å². The van der Waals surface area contributed by atoms with E-state index < -0.39 is 0 Å². The lowest BCUT2D eigenvalue weighted by atomic mass is 9.82. The fraction of sp³-hybridized carbons (Fsp3) is 0.800. The molecule has 0 aromatic carbocycles. The zero-order valence-corrected chi connectivity index (χ0v) is 12.3. The fourth-order valence-electron chi connectivity index (χ4n) is 2.45. The van der Waals surface area contributed by atoms with Crippen LogP contribution in [0, 0.1) is 11.8 Å². The molecule has 1 aliphatic carbocycles. The summed E-state index contributed by atoms with van der Waals surface area (Å²) >= 11 is 0. The summed E-state index contributed by atoms with van der Waals surface area (Å²) in [5.74, 6) is 0.934. The lowest BCUT2D eigenvalue weighted by molar-refractivity contribution is 0.358. The third kappa shape index (κ3) is 4.45. The summed E-state index contributed by atoms with van der Waals surface area (Å²) in [7, 11) is 0. The topological polar surface area (TPSA) is 64.4 Å². The summed E-state index contributed by atoms with van der Waals surface area (Å²) in [6, 6.07) is 0.701. The zero-order chi connectivity index (χ0) is 13.7. The summed E-state index contributed by atoms with van der Waals surface area (Å²) in [5, 5.41) is 0. The van der Waals surface area contributed by atoms with Crippen LogP contribution in [0.3, 0.4) is 0 Å². The van der Waals surface area contributed by atoms with Crippen molar-refractivity contribution in [2.75, 3.05) is 0 Å². The standard InChI is InChI=1S/C15H29N3/c1-10(2)14(9-18-11(3)4)15(17)12-5-7-13(16)8-6-12/h9-13H,5-8,16-17H2,1-4H3. The number of hydrogen-bond donors (Lipinski definition) is 2. The maximum absolute atomic E-state index is 6.37. The van der Waals surface area contributed by atoms with Gasteiger partial charge in [0, 0.05) is 24.0 Å². The van der Waals surface area contributed by atoms with Gasteiger partial charge in [-0.2, -0.15) is 0 Å². The van der Waals surface area contributed by atoms with Gasteiger partial charge in [-0.1, -0.05) is 13.8 Å². The highest BCUT2D eigenvalue weighted by Gasteiger charge is 2.22. The van der Waals surface area contributed by atoms with E-state index in [1.54, 1.807) is 0 Å². The lowest BCUT2D eigenvalue weighted by Gasteiger charge is -2.28. The minimum atomic E-state index is 0.325. The van der Waals surface area contributed by atoms with Gasteiger partial charge >= 0.3 is 0 Å². The highest BCUT2D eigenvalue weighted by molar-refractivity contribution is 5.80. The predicted octanol–water partition coefficient (Wildman–Crippen LogP) is 2.85. The Balaban J connectivity index is 2.83. The van der Waals surface area contributed by atoms with Gasteiger partial charge in [-0.05, 0) is 56.9 Å². The monoisotopic (exact) mass is 251 g/mol. The van der Waals surface area contributed by atoms with Gasteiger partial charge in [0.2, 0.25) is 0 Å². The van der Waals surface area contributed by atoms with Crippen LogP contribution >= 0.6 is 0 Å². The van der Waals surface area contributed by atoms with Crippen LogP contribution < -0.4 is 11.5 Å². The van der Waals surface area contributed by atoms with Crippen molar-refractivity contribution in [3.8, 4) is 0 Å². The third-order valence-electron chi connectivity index (χ3n) is 3.68. The van der Waals surface area contributed by atoms with Gasteiger partial charge in [-0.25, -0.2) is 0 Å². The average Bonchev–Trinajstić information content (AvgIpc) is 2.29. The van der Waals surface area contributed by atoms with Crippen molar-refractivity contribution >= 4 is 6.21 Å². The van der Waals surface area contributed by atoms with Crippen LogP contribution in [0.5, 0.6) is 0 Å². The minimum Gasteiger partial charge on any atom is -0.402 e. The van der Waals surface area contributed by atoms with E-state index in [2.05, 4.69) is 32.7 Å². The predicted molar refractivity (Wildman–Crippen MR) is 79.6 cm³/mol. The maximum atomic E-state index is 6.37. The molecule has 0 aromatic rings. The first kappa shape index (κ1) is 15.2. The van der Waals surface area contributed by atoms with Gasteiger partial charge in [-0.15, -0.1) is 0 Å². The molecule has 104 valence electrons. The molecule has 1 aliphatic rings. The van der Waals surface area contributed by atoms with E-state index in [1.807, 2.05) is 6.21 Å². The Morgan fingerprint density at radius 1 is 1.11 bits per heavy atom. The second-order valence-corrected chi connectivity index (χ2v) is 6.05. The van der Waals surface area contributed by atoms with Gasteiger partial charge in [-0.3, -0.25) is 4.99 Å². The molecule has 0 bridgehead atoms. The van der Waals surface area contributed by atoms with Crippen LogP contribution in [0.15, 0.2) is 16.3 Å². The Hall–Kier alpha value is -0.830. The van der Waals surface area contributed by atoms with Gasteiger partial charge in [0.1, 0.15) is 0 Å². The number of hydrogen-bond acceptors (Lipinski definition) is 3. The van der Waals surface area contributed by atoms with Crippen LogP contribution in [-0.4, -0.2) is 18.3 Å². The van der Waals surface area contributed by atoms with Crippen molar-refractivity contribution in [1.29, 1.82) is 0 Å². The maximum Gasteiger partial charge on any atom is 0.0443 e. The molecule has 0 aromatic heterocycles. The third-order valence-corrected chi connectivity index (χ3v) is 3.68. The summed E-state index contributed by atoms with van der Waals surface area (Å²) in [5.41, 5.74) is 14.6. The summed E-state index contributed by atoms with van der Waals surface area (Å²) in [6.07, 6.45) is 6.42. The Morgan fingerprint density at radius 3 is 2.11 bits per heavy atom. The minimum absolute atomic E-state index is 0.325. The van der Waals surface area contributed by atoms with Gasteiger partial charge in [0.25, 0.3) is 0 Å². The smallest absolute Gasteiger partial charge is 0.0443 e. The van der Waals surface area contributed by atoms with E-state index in [1.165, 1.54) is 5.57 Å². The van der Waals surface area contributed by atoms with Crippen molar-refractivity contribution in [1.82, 2.24) is 0 Å². The number of nitrogens with zero attached hydrogens (tertiary/aromatic N) is 1. The van der Waals surface area contributed by atoms with Gasteiger partial charge < -0.3 is 11.5 Å². The summed E-state index contributed by atoms with van der Waals surface area (Å²) in [6.45, 7) is 8.54. The molecule has 1 rings (SSSR count). The van der Waals surface area contributed by atoms with E-state index in [0.29, 0.717) is 23.9 Å². The molecule has 1 saturated carbocycles. The highest BCUT2D eigenvalue weighted by Crippen LogP contribution is 2.29. The van der Waals surface area contributed by atoms with E-state index in [4.69, 9.17) is 11.5 Å². The van der Waals surface area contributed by atoms with E-state index >= 15 is 0 Å². The fourth-order valence-corrected chi connectivity index (χ4v) is 2.45. The molecular formula is C15H29N3. The molecule has 3 heteroatoms. The van der Waals surface area contributed by atoms with E-state index in [9.17, 15) is 0 Å². The van der Waals surface area contributed by atoms with Crippen molar-refractivity contribution in [2.45, 2.75) is 65.5 Å². The number of nitrogens with two attached hydrogens (primary N) is 2. The molecule has 0 atom stereocenters. The highest BCUT2D eigenvalue weighted by atomic mass is 14.7. The second-order valence-electron chi connectivity index (χ2n) is 6.05. The Kier molecular flexibility index (Phi) is 5.86. The molecular weight excluding hydrogens is 222 g/mol. The number of rotatable bonds is 4. The van der Waals surface area contributed by atoms with Gasteiger partial charge in [0.05, 0.1) is 0 Å². The molecule has 0 aliphatic heterocycles. The quantitative estimate of drug-likeness (QED) is 0.755. The normalized spacial score (nSPS) is 27.1. The molecule has 3 nitrogen and oxygen atoms in total. The largest absolute Gasteiger partial charge is 0.402 e. The van der Waals surface area contributed by atoms with Crippen molar-refractivity contribution in [3.63, 3.8) is 0 Å². The molecule has 4 N–H and O–H groups in total. The van der Waals surface area contributed by atoms with Crippen LogP contribution in [0.1, 0.15) is 53.4 Å². The Morgan fingerprint density at radius 2 is 1.67 bits per heavy atom. The lowest BCUT2D eigenvalue weighted by Crippen LogP contribution is -2.29. The first-order valence-electron chi connectivity index (χ1n) is 7.20. The van der Waals surface area contributed by atoms with Crippen LogP contribution in [0.2, 0.25) is 0 Å². The van der Waals surface area contributed by atoms with Crippen molar-refractivity contribution in [2.24, 2.45) is 28.3 Å². The molecule has 0 unspecified atom stereocenters. The molecule has 0 amide bonds. The van der Waals surface area contributed by atoms with Crippen LogP contribution in [0.25, 0.3) is 0 Å². The number of aliphatic imine (C=N–C) groups is 1. The van der Waals surface area contributed by atoms with Crippen molar-refractivity contribution < 1.29 is 0 Å². The number of allylic oxidation sites excluding steroid dienone is 2. The first-order valence-corrected chi connectivity index (χ1v) is 7.20.